The maximum atomic E-state index is 6.38. The van der Waals surface area contributed by atoms with E-state index in [1.165, 1.54) is 11.1 Å². The molecule has 0 saturated heterocycles. The van der Waals surface area contributed by atoms with Crippen LogP contribution in [0.1, 0.15) is 31.9 Å². The van der Waals surface area contributed by atoms with E-state index in [0.717, 1.165) is 23.9 Å². The molecule has 0 saturated carbocycles. The lowest BCUT2D eigenvalue weighted by atomic mass is 10.1. The first-order valence-corrected chi connectivity index (χ1v) is 9.72. The predicted molar refractivity (Wildman–Crippen MR) is 87.6 cm³/mol. The highest BCUT2D eigenvalue weighted by atomic mass is 28.4. The van der Waals surface area contributed by atoms with Crippen molar-refractivity contribution in [2.24, 2.45) is 0 Å². The molecule has 1 aromatic carbocycles. The lowest BCUT2D eigenvalue weighted by molar-refractivity contribution is 0.427. The lowest BCUT2D eigenvalue weighted by Crippen LogP contribution is -2.35. The van der Waals surface area contributed by atoms with Crippen molar-refractivity contribution in [2.75, 3.05) is 0 Å². The first kappa shape index (κ1) is 15.8. The molecule has 0 N–H and O–H groups in total. The van der Waals surface area contributed by atoms with E-state index in [4.69, 9.17) is 4.43 Å². The molecule has 1 nitrogen and oxygen atoms in total. The lowest BCUT2D eigenvalue weighted by Gasteiger charge is -2.29. The molecule has 2 heteroatoms. The molecule has 0 atom stereocenters. The summed E-state index contributed by atoms with van der Waals surface area (Å²) >= 11 is 0. The minimum absolute atomic E-state index is 0.923. The summed E-state index contributed by atoms with van der Waals surface area (Å²) < 4.78 is 6.38. The Labute approximate surface area is 119 Å². The summed E-state index contributed by atoms with van der Waals surface area (Å²) in [5.74, 6) is 0.923. The Morgan fingerprint density at radius 2 is 1.74 bits per heavy atom. The van der Waals surface area contributed by atoms with Crippen LogP contribution in [-0.2, 0) is 4.43 Å². The molecule has 1 rings (SSSR count). The van der Waals surface area contributed by atoms with E-state index < -0.39 is 8.32 Å². The second-order valence-electron chi connectivity index (χ2n) is 4.95. The van der Waals surface area contributed by atoms with Gasteiger partial charge in [-0.3, -0.25) is 0 Å². The van der Waals surface area contributed by atoms with E-state index in [-0.39, 0.29) is 0 Å². The van der Waals surface area contributed by atoms with Crippen LogP contribution in [-0.4, -0.2) is 8.32 Å². The highest BCUT2D eigenvalue weighted by Gasteiger charge is 2.30. The van der Waals surface area contributed by atoms with Crippen LogP contribution in [0.5, 0.6) is 0 Å². The first-order valence-electron chi connectivity index (χ1n) is 7.19. The average Bonchev–Trinajstić information content (AvgIpc) is 2.46. The topological polar surface area (TPSA) is 9.23 Å². The summed E-state index contributed by atoms with van der Waals surface area (Å²) in [5.41, 5.74) is 2.48. The van der Waals surface area contributed by atoms with Crippen LogP contribution < -0.4 is 0 Å². The van der Waals surface area contributed by atoms with Crippen LogP contribution in [0, 0.1) is 6.92 Å². The Bertz CT molecular complexity index is 436. The van der Waals surface area contributed by atoms with Crippen LogP contribution in [0.25, 0.3) is 6.08 Å². The third-order valence-electron chi connectivity index (χ3n) is 3.95. The van der Waals surface area contributed by atoms with Gasteiger partial charge in [-0.1, -0.05) is 51.6 Å². The molecular formula is C17H26OSi. The molecule has 0 aliphatic rings. The zero-order valence-electron chi connectivity index (χ0n) is 12.7. The number of hydrogen-bond donors (Lipinski definition) is 0. The first-order chi connectivity index (χ1) is 9.10. The van der Waals surface area contributed by atoms with E-state index in [2.05, 4.69) is 64.6 Å². The van der Waals surface area contributed by atoms with Crippen LogP contribution in [0.3, 0.4) is 0 Å². The van der Waals surface area contributed by atoms with Gasteiger partial charge in [0.1, 0.15) is 5.76 Å². The minimum atomic E-state index is -1.61. The molecule has 0 heterocycles. The van der Waals surface area contributed by atoms with Crippen molar-refractivity contribution in [3.05, 3.63) is 53.8 Å². The van der Waals surface area contributed by atoms with Gasteiger partial charge in [0.15, 0.2) is 0 Å². The Morgan fingerprint density at radius 3 is 2.21 bits per heavy atom. The van der Waals surface area contributed by atoms with Crippen molar-refractivity contribution in [2.45, 2.75) is 45.8 Å². The van der Waals surface area contributed by atoms with Gasteiger partial charge in [-0.05, 0) is 48.3 Å². The highest BCUT2D eigenvalue weighted by molar-refractivity contribution is 6.73. The number of hydrogen-bond acceptors (Lipinski definition) is 1. The van der Waals surface area contributed by atoms with Crippen molar-refractivity contribution in [3.8, 4) is 0 Å². The monoisotopic (exact) mass is 274 g/mol. The van der Waals surface area contributed by atoms with Crippen molar-refractivity contribution in [1.82, 2.24) is 0 Å². The Balaban J connectivity index is 3.01. The van der Waals surface area contributed by atoms with E-state index in [1.54, 1.807) is 0 Å². The van der Waals surface area contributed by atoms with Gasteiger partial charge < -0.3 is 4.43 Å². The van der Waals surface area contributed by atoms with Gasteiger partial charge in [0.2, 0.25) is 8.32 Å². The second kappa shape index (κ2) is 7.34. The third-order valence-corrected chi connectivity index (χ3v) is 8.49. The SMILES string of the molecule is C=C/C(=C\c1ccccc1C)O[Si](CC)(CC)CC. The average molecular weight is 274 g/mol. The molecule has 0 radical (unpaired) electrons. The van der Waals surface area contributed by atoms with Gasteiger partial charge in [-0.15, -0.1) is 0 Å². The van der Waals surface area contributed by atoms with Crippen LogP contribution >= 0.6 is 0 Å². The van der Waals surface area contributed by atoms with Gasteiger partial charge in [0.05, 0.1) is 0 Å². The Kier molecular flexibility index (Phi) is 6.09. The number of rotatable bonds is 7. The summed E-state index contributed by atoms with van der Waals surface area (Å²) in [6, 6.07) is 11.8. The standard InChI is InChI=1S/C17H26OSi/c1-6-17(18-19(7-2,8-3)9-4)14-16-13-11-10-12-15(16)5/h6,10-14H,1,7-9H2,2-5H3/b17-14+. The zero-order chi connectivity index (χ0) is 14.3. The van der Waals surface area contributed by atoms with Crippen molar-refractivity contribution < 1.29 is 4.43 Å². The van der Waals surface area contributed by atoms with Gasteiger partial charge in [0.25, 0.3) is 0 Å². The highest BCUT2D eigenvalue weighted by Crippen LogP contribution is 2.26. The second-order valence-corrected chi connectivity index (χ2v) is 9.64. The minimum Gasteiger partial charge on any atom is -0.544 e. The van der Waals surface area contributed by atoms with Gasteiger partial charge in [-0.2, -0.15) is 0 Å². The summed E-state index contributed by atoms with van der Waals surface area (Å²) in [4.78, 5) is 0. The molecule has 0 fully saturated rings. The van der Waals surface area contributed by atoms with Crippen LogP contribution in [0.4, 0.5) is 0 Å². The maximum absolute atomic E-state index is 6.38. The van der Waals surface area contributed by atoms with Gasteiger partial charge >= 0.3 is 0 Å². The Hall–Kier alpha value is -1.28. The molecule has 19 heavy (non-hydrogen) atoms. The van der Waals surface area contributed by atoms with E-state index in [1.807, 2.05) is 6.08 Å². The fraction of sp³-hybridized carbons (Fsp3) is 0.412. The van der Waals surface area contributed by atoms with E-state index in [0.29, 0.717) is 0 Å². The smallest absolute Gasteiger partial charge is 0.250 e. The molecule has 0 amide bonds. The molecule has 0 aliphatic carbocycles. The number of benzene rings is 1. The number of aryl methyl sites for hydroxylation is 1. The van der Waals surface area contributed by atoms with E-state index >= 15 is 0 Å². The summed E-state index contributed by atoms with van der Waals surface area (Å²) in [7, 11) is -1.61. The van der Waals surface area contributed by atoms with Crippen molar-refractivity contribution in [3.63, 3.8) is 0 Å². The normalized spacial score (nSPS) is 12.3. The molecule has 0 unspecified atom stereocenters. The van der Waals surface area contributed by atoms with Crippen LogP contribution in [0.2, 0.25) is 18.1 Å². The molecule has 0 aliphatic heterocycles. The molecule has 1 aromatic rings. The van der Waals surface area contributed by atoms with Gasteiger partial charge in [0, 0.05) is 0 Å². The van der Waals surface area contributed by atoms with Crippen LogP contribution in [0.15, 0.2) is 42.7 Å². The third kappa shape index (κ3) is 4.10. The van der Waals surface area contributed by atoms with Crippen molar-refractivity contribution in [1.29, 1.82) is 0 Å². The molecule has 0 aromatic heterocycles. The van der Waals surface area contributed by atoms with Crippen molar-refractivity contribution >= 4 is 14.4 Å². The predicted octanol–water partition coefficient (Wildman–Crippen LogP) is 5.54. The Morgan fingerprint density at radius 1 is 1.16 bits per heavy atom. The fourth-order valence-corrected chi connectivity index (χ4v) is 4.82. The fourth-order valence-electron chi connectivity index (χ4n) is 2.25. The zero-order valence-corrected chi connectivity index (χ0v) is 13.7. The molecule has 0 bridgehead atoms. The summed E-state index contributed by atoms with van der Waals surface area (Å²) in [6.07, 6.45) is 3.96. The van der Waals surface area contributed by atoms with E-state index in [9.17, 15) is 0 Å². The summed E-state index contributed by atoms with van der Waals surface area (Å²) in [6.45, 7) is 12.8. The van der Waals surface area contributed by atoms with Gasteiger partial charge in [-0.25, -0.2) is 0 Å². The largest absolute Gasteiger partial charge is 0.544 e. The molecule has 104 valence electrons. The number of allylic oxidation sites excluding steroid dienone is 1. The maximum Gasteiger partial charge on any atom is 0.250 e. The molecule has 0 spiro atoms. The summed E-state index contributed by atoms with van der Waals surface area (Å²) in [5, 5.41) is 0. The quantitative estimate of drug-likeness (QED) is 0.360. The molecular weight excluding hydrogens is 248 g/mol.